The molecule has 1 saturated heterocycles. The van der Waals surface area contributed by atoms with Gasteiger partial charge >= 0.3 is 0 Å². The van der Waals surface area contributed by atoms with Crippen molar-refractivity contribution in [2.45, 2.75) is 25.8 Å². The van der Waals surface area contributed by atoms with Gasteiger partial charge in [-0.15, -0.1) is 0 Å². The summed E-state index contributed by atoms with van der Waals surface area (Å²) in [5.74, 6) is 0.503. The second-order valence-corrected chi connectivity index (χ2v) is 5.97. The third kappa shape index (κ3) is 2.33. The average Bonchev–Trinajstić information content (AvgIpc) is 2.90. The van der Waals surface area contributed by atoms with E-state index in [9.17, 15) is 4.79 Å². The zero-order valence-electron chi connectivity index (χ0n) is 11.9. The van der Waals surface area contributed by atoms with Gasteiger partial charge in [-0.25, -0.2) is 4.68 Å². The monoisotopic (exact) mass is 282 g/mol. The first-order valence-electron chi connectivity index (χ1n) is 7.54. The Hall–Kier alpha value is -2.17. The van der Waals surface area contributed by atoms with E-state index in [2.05, 4.69) is 15.0 Å². The van der Waals surface area contributed by atoms with Crippen molar-refractivity contribution in [3.05, 3.63) is 52.2 Å². The summed E-state index contributed by atoms with van der Waals surface area (Å²) in [4.78, 5) is 18.4. The molecule has 5 heteroatoms. The van der Waals surface area contributed by atoms with Gasteiger partial charge in [-0.3, -0.25) is 9.78 Å². The Morgan fingerprint density at radius 2 is 2.00 bits per heavy atom. The van der Waals surface area contributed by atoms with E-state index in [0.29, 0.717) is 5.92 Å². The molecule has 0 N–H and O–H groups in total. The largest absolute Gasteiger partial charge is 0.371 e. The zero-order valence-corrected chi connectivity index (χ0v) is 11.9. The lowest BCUT2D eigenvalue weighted by Crippen LogP contribution is -2.49. The molecular formula is C16H18N4O. The smallest absolute Gasteiger partial charge is 0.267 e. The topological polar surface area (TPSA) is 51.0 Å². The molecule has 0 radical (unpaired) electrons. The van der Waals surface area contributed by atoms with Gasteiger partial charge in [0.1, 0.15) is 0 Å². The number of aromatic nitrogens is 3. The Kier molecular flexibility index (Phi) is 2.98. The van der Waals surface area contributed by atoms with Gasteiger partial charge in [0.25, 0.3) is 5.56 Å². The molecule has 21 heavy (non-hydrogen) atoms. The highest BCUT2D eigenvalue weighted by atomic mass is 16.1. The summed E-state index contributed by atoms with van der Waals surface area (Å²) in [5.41, 5.74) is 3.54. The first-order valence-corrected chi connectivity index (χ1v) is 7.54. The van der Waals surface area contributed by atoms with E-state index in [1.165, 1.54) is 5.69 Å². The van der Waals surface area contributed by atoms with Crippen LogP contribution in [0.1, 0.15) is 17.7 Å². The second kappa shape index (κ2) is 4.98. The van der Waals surface area contributed by atoms with Gasteiger partial charge in [-0.2, -0.15) is 5.10 Å². The number of anilines is 1. The second-order valence-electron chi connectivity index (χ2n) is 5.97. The summed E-state index contributed by atoms with van der Waals surface area (Å²) in [6, 6.07) is 5.83. The normalized spacial score (nSPS) is 17.6. The van der Waals surface area contributed by atoms with Crippen molar-refractivity contribution in [3.63, 3.8) is 0 Å². The maximum Gasteiger partial charge on any atom is 0.267 e. The molecule has 1 aliphatic heterocycles. The fourth-order valence-corrected chi connectivity index (χ4v) is 3.27. The van der Waals surface area contributed by atoms with Crippen molar-refractivity contribution >= 4 is 5.69 Å². The summed E-state index contributed by atoms with van der Waals surface area (Å²) in [6.07, 6.45) is 6.79. The van der Waals surface area contributed by atoms with Gasteiger partial charge in [-0.1, -0.05) is 0 Å². The van der Waals surface area contributed by atoms with Crippen LogP contribution in [0.4, 0.5) is 5.69 Å². The van der Waals surface area contributed by atoms with E-state index in [4.69, 9.17) is 0 Å². The minimum Gasteiger partial charge on any atom is -0.371 e. The molecule has 0 aromatic carbocycles. The molecule has 0 saturated carbocycles. The fraction of sp³-hybridized carbons (Fsp3) is 0.438. The van der Waals surface area contributed by atoms with Gasteiger partial charge in [0.15, 0.2) is 0 Å². The standard InChI is InChI=1S/C16H18N4O/c21-16-8-13-2-1-3-15(13)18-20(16)11-12-9-19(10-12)14-4-6-17-7-5-14/h4-8,12H,1-3,9-11H2. The van der Waals surface area contributed by atoms with Gasteiger partial charge in [0, 0.05) is 43.2 Å². The van der Waals surface area contributed by atoms with Crippen molar-refractivity contribution in [1.82, 2.24) is 14.8 Å². The fourth-order valence-electron chi connectivity index (χ4n) is 3.27. The third-order valence-electron chi connectivity index (χ3n) is 4.44. The Balaban J connectivity index is 1.44. The van der Waals surface area contributed by atoms with Crippen LogP contribution in [-0.2, 0) is 19.4 Å². The molecule has 2 aromatic heterocycles. The molecule has 0 unspecified atom stereocenters. The predicted octanol–water partition coefficient (Wildman–Crippen LogP) is 1.26. The quantitative estimate of drug-likeness (QED) is 0.850. The average molecular weight is 282 g/mol. The molecule has 0 bridgehead atoms. The van der Waals surface area contributed by atoms with Gasteiger partial charge < -0.3 is 4.90 Å². The number of fused-ring (bicyclic) bond motifs is 1. The zero-order chi connectivity index (χ0) is 14.2. The summed E-state index contributed by atoms with van der Waals surface area (Å²) in [6.45, 7) is 2.69. The third-order valence-corrected chi connectivity index (χ3v) is 4.44. The van der Waals surface area contributed by atoms with E-state index in [-0.39, 0.29) is 5.56 Å². The summed E-state index contributed by atoms with van der Waals surface area (Å²) in [5, 5.41) is 4.55. The number of hydrogen-bond donors (Lipinski definition) is 0. The van der Waals surface area contributed by atoms with Crippen LogP contribution < -0.4 is 10.5 Å². The Morgan fingerprint density at radius 3 is 2.81 bits per heavy atom. The van der Waals surface area contributed by atoms with Crippen LogP contribution >= 0.6 is 0 Å². The van der Waals surface area contributed by atoms with Gasteiger partial charge in [0.05, 0.1) is 12.2 Å². The van der Waals surface area contributed by atoms with E-state index in [1.54, 1.807) is 10.7 Å². The predicted molar refractivity (Wildman–Crippen MR) is 80.5 cm³/mol. The van der Waals surface area contributed by atoms with E-state index < -0.39 is 0 Å². The van der Waals surface area contributed by atoms with Crippen LogP contribution in [-0.4, -0.2) is 27.9 Å². The van der Waals surface area contributed by atoms with Gasteiger partial charge in [-0.05, 0) is 37.0 Å². The molecule has 3 heterocycles. The van der Waals surface area contributed by atoms with Gasteiger partial charge in [0.2, 0.25) is 0 Å². The van der Waals surface area contributed by atoms with Crippen LogP contribution in [0, 0.1) is 5.92 Å². The van der Waals surface area contributed by atoms with Crippen LogP contribution in [0.25, 0.3) is 0 Å². The molecule has 5 nitrogen and oxygen atoms in total. The SMILES string of the molecule is O=c1cc2c(nn1CC1CN(c3ccncc3)C1)CCC2. The highest BCUT2D eigenvalue weighted by molar-refractivity contribution is 5.47. The van der Waals surface area contributed by atoms with Crippen molar-refractivity contribution in [2.75, 3.05) is 18.0 Å². The van der Waals surface area contributed by atoms with Crippen molar-refractivity contribution in [2.24, 2.45) is 5.92 Å². The Labute approximate surface area is 123 Å². The first-order chi connectivity index (χ1) is 10.3. The molecule has 1 fully saturated rings. The molecule has 4 rings (SSSR count). The summed E-state index contributed by atoms with van der Waals surface area (Å²) in [7, 11) is 0. The Bertz CT molecular complexity index is 704. The highest BCUT2D eigenvalue weighted by Gasteiger charge is 2.28. The molecule has 0 spiro atoms. The Morgan fingerprint density at radius 1 is 1.19 bits per heavy atom. The minimum absolute atomic E-state index is 0.0537. The summed E-state index contributed by atoms with van der Waals surface area (Å²) >= 11 is 0. The van der Waals surface area contributed by atoms with Crippen LogP contribution in [0.15, 0.2) is 35.4 Å². The molecule has 0 atom stereocenters. The van der Waals surface area contributed by atoms with Crippen molar-refractivity contribution in [1.29, 1.82) is 0 Å². The number of rotatable bonds is 3. The molecule has 108 valence electrons. The van der Waals surface area contributed by atoms with Crippen LogP contribution in [0.3, 0.4) is 0 Å². The van der Waals surface area contributed by atoms with Crippen LogP contribution in [0.5, 0.6) is 0 Å². The lowest BCUT2D eigenvalue weighted by atomic mass is 9.99. The number of hydrogen-bond acceptors (Lipinski definition) is 4. The van der Waals surface area contributed by atoms with E-state index in [1.807, 2.05) is 24.5 Å². The van der Waals surface area contributed by atoms with Crippen molar-refractivity contribution < 1.29 is 0 Å². The number of pyridine rings is 1. The van der Waals surface area contributed by atoms with Crippen molar-refractivity contribution in [3.8, 4) is 0 Å². The lowest BCUT2D eigenvalue weighted by Gasteiger charge is -2.41. The van der Waals surface area contributed by atoms with Crippen LogP contribution in [0.2, 0.25) is 0 Å². The molecule has 1 aliphatic carbocycles. The molecule has 2 aliphatic rings. The first kappa shape index (κ1) is 12.6. The van der Waals surface area contributed by atoms with E-state index >= 15 is 0 Å². The maximum absolute atomic E-state index is 12.1. The maximum atomic E-state index is 12.1. The number of nitrogens with zero attached hydrogens (tertiary/aromatic N) is 4. The summed E-state index contributed by atoms with van der Waals surface area (Å²) < 4.78 is 1.67. The molecule has 2 aromatic rings. The molecular weight excluding hydrogens is 264 g/mol. The minimum atomic E-state index is 0.0537. The number of aryl methyl sites for hydroxylation is 2. The molecule has 0 amide bonds. The highest BCUT2D eigenvalue weighted by Crippen LogP contribution is 2.24. The lowest BCUT2D eigenvalue weighted by molar-refractivity contribution is 0.333. The van der Waals surface area contributed by atoms with E-state index in [0.717, 1.165) is 50.2 Å².